The molecule has 49 heavy (non-hydrogen) atoms. The van der Waals surface area contributed by atoms with Gasteiger partial charge in [-0.3, -0.25) is 9.59 Å². The smallest absolute Gasteiger partial charge is 0.362 e. The van der Waals surface area contributed by atoms with Gasteiger partial charge in [0.2, 0.25) is 0 Å². The highest BCUT2D eigenvalue weighted by Crippen LogP contribution is 2.13. The molecule has 0 aliphatic carbocycles. The van der Waals surface area contributed by atoms with Gasteiger partial charge in [0.1, 0.15) is 6.61 Å². The van der Waals surface area contributed by atoms with Crippen molar-refractivity contribution in [1.82, 2.24) is 0 Å². The Kier molecular flexibility index (Phi) is 31.1. The van der Waals surface area contributed by atoms with Crippen LogP contribution >= 0.6 is 0 Å². The zero-order valence-electron chi connectivity index (χ0n) is 32.1. The van der Waals surface area contributed by atoms with Crippen LogP contribution in [0.5, 0.6) is 0 Å². The second kappa shape index (κ2) is 32.7. The third-order valence-electron chi connectivity index (χ3n) is 8.52. The van der Waals surface area contributed by atoms with Crippen molar-refractivity contribution >= 4 is 17.9 Å². The molecular weight excluding hydrogens is 618 g/mol. The van der Waals surface area contributed by atoms with Gasteiger partial charge in [0.15, 0.2) is 12.1 Å². The van der Waals surface area contributed by atoms with Gasteiger partial charge in [0.25, 0.3) is 0 Å². The molecule has 0 saturated heterocycles. The molecule has 8 nitrogen and oxygen atoms in total. The summed E-state index contributed by atoms with van der Waals surface area (Å²) in [5.74, 6) is -1.49. The van der Waals surface area contributed by atoms with E-state index in [1.807, 2.05) is 21.1 Å². The number of carboxylic acids is 1. The Balaban J connectivity index is 4.43. The van der Waals surface area contributed by atoms with Crippen LogP contribution in [0.1, 0.15) is 155 Å². The highest BCUT2D eigenvalue weighted by molar-refractivity contribution is 5.72. The Labute approximate surface area is 300 Å². The number of allylic oxidation sites excluding steroid dienone is 6. The summed E-state index contributed by atoms with van der Waals surface area (Å²) in [5, 5.41) is 9.58. The van der Waals surface area contributed by atoms with Crippen LogP contribution in [0.4, 0.5) is 0 Å². The molecule has 0 bridgehead atoms. The molecule has 0 spiro atoms. The van der Waals surface area contributed by atoms with Crippen molar-refractivity contribution in [3.05, 3.63) is 36.5 Å². The first kappa shape index (κ1) is 46.5. The lowest BCUT2D eigenvalue weighted by atomic mass is 10.1. The van der Waals surface area contributed by atoms with Crippen molar-refractivity contribution in [1.29, 1.82) is 0 Å². The van der Waals surface area contributed by atoms with E-state index in [1.54, 1.807) is 0 Å². The zero-order valence-corrected chi connectivity index (χ0v) is 32.1. The predicted molar refractivity (Wildman–Crippen MR) is 201 cm³/mol. The summed E-state index contributed by atoms with van der Waals surface area (Å²) in [6.45, 7) is 4.56. The maximum absolute atomic E-state index is 12.6. The summed E-state index contributed by atoms with van der Waals surface area (Å²) in [7, 11) is 5.51. The number of carboxylic acid groups (broad SMARTS) is 1. The van der Waals surface area contributed by atoms with E-state index in [4.69, 9.17) is 14.2 Å². The van der Waals surface area contributed by atoms with Gasteiger partial charge in [-0.1, -0.05) is 115 Å². The number of quaternary nitrogens is 1. The number of aliphatic carboxylic acids is 1. The van der Waals surface area contributed by atoms with Crippen LogP contribution in [0.25, 0.3) is 0 Å². The number of carbonyl (C=O) groups is 3. The summed E-state index contributed by atoms with van der Waals surface area (Å²) in [5.41, 5.74) is 0. The van der Waals surface area contributed by atoms with E-state index < -0.39 is 18.1 Å². The third kappa shape index (κ3) is 31.3. The normalized spacial score (nSPS) is 13.4. The SMILES string of the molecule is CC/C=C/C/C=C/CCCCCCCCCC(=O)OC(COCCC(C(=O)O)[N+](C)(C)C)COC(=O)CCCCCCC/C=C/CCCC. The molecule has 284 valence electrons. The van der Waals surface area contributed by atoms with E-state index in [1.165, 1.54) is 51.4 Å². The Morgan fingerprint density at radius 1 is 0.633 bits per heavy atom. The van der Waals surface area contributed by atoms with E-state index in [2.05, 4.69) is 50.3 Å². The van der Waals surface area contributed by atoms with E-state index in [0.717, 1.165) is 70.6 Å². The molecule has 2 atom stereocenters. The predicted octanol–water partition coefficient (Wildman–Crippen LogP) is 9.91. The third-order valence-corrected chi connectivity index (χ3v) is 8.52. The number of rotatable bonds is 34. The fraction of sp³-hybridized carbons (Fsp3) is 0.780. The first-order valence-electron chi connectivity index (χ1n) is 19.5. The minimum atomic E-state index is -0.879. The lowest BCUT2D eigenvalue weighted by Gasteiger charge is -2.31. The van der Waals surface area contributed by atoms with Crippen LogP contribution in [0.3, 0.4) is 0 Å². The highest BCUT2D eigenvalue weighted by atomic mass is 16.6. The van der Waals surface area contributed by atoms with E-state index in [9.17, 15) is 19.5 Å². The molecule has 8 heteroatoms. The van der Waals surface area contributed by atoms with Gasteiger partial charge in [-0.2, -0.15) is 0 Å². The van der Waals surface area contributed by atoms with E-state index in [-0.39, 0.29) is 36.2 Å². The first-order valence-corrected chi connectivity index (χ1v) is 19.5. The summed E-state index contributed by atoms with van der Waals surface area (Å²) in [6, 6.07) is -0.615. The lowest BCUT2D eigenvalue weighted by molar-refractivity contribution is -0.887. The number of ether oxygens (including phenoxy) is 3. The molecule has 0 amide bonds. The molecule has 0 rings (SSSR count). The number of hydrogen-bond donors (Lipinski definition) is 1. The molecule has 0 fully saturated rings. The average Bonchev–Trinajstić information content (AvgIpc) is 3.05. The Morgan fingerprint density at radius 3 is 1.69 bits per heavy atom. The molecule has 0 aliphatic rings. The summed E-state index contributed by atoms with van der Waals surface area (Å²) < 4.78 is 17.2. The topological polar surface area (TPSA) is 99.1 Å². The second-order valence-corrected chi connectivity index (χ2v) is 14.1. The molecule has 0 aromatic heterocycles. The Bertz CT molecular complexity index is 906. The van der Waals surface area contributed by atoms with Crippen molar-refractivity contribution in [3.63, 3.8) is 0 Å². The zero-order chi connectivity index (χ0) is 36.4. The van der Waals surface area contributed by atoms with Gasteiger partial charge in [-0.25, -0.2) is 4.79 Å². The maximum Gasteiger partial charge on any atom is 0.362 e. The monoisotopic (exact) mass is 693 g/mol. The first-order chi connectivity index (χ1) is 23.6. The van der Waals surface area contributed by atoms with Gasteiger partial charge < -0.3 is 23.8 Å². The van der Waals surface area contributed by atoms with Crippen molar-refractivity contribution in [3.8, 4) is 0 Å². The number of hydrogen-bond acceptors (Lipinski definition) is 6. The standard InChI is InChI=1S/C41H73NO7/c1-6-8-10-12-14-16-18-19-20-22-24-26-28-30-32-40(44)49-37(35-47-34-33-38(41(45)46)42(3,4)5)36-48-39(43)31-29-27-25-23-21-17-15-13-11-9-7-2/h8,10,13-16,37-38H,6-7,9,11-12,17-36H2,1-5H3/p+1/b10-8+,15-13+,16-14+. The summed E-state index contributed by atoms with van der Waals surface area (Å²) in [4.78, 5) is 36.8. The molecular formula is C41H74NO7+. The number of likely N-dealkylation sites (N-methyl/N-ethyl adjacent to an activating group) is 1. The lowest BCUT2D eigenvalue weighted by Crippen LogP contribution is -2.50. The molecule has 2 unspecified atom stereocenters. The van der Waals surface area contributed by atoms with E-state index in [0.29, 0.717) is 19.3 Å². The largest absolute Gasteiger partial charge is 0.477 e. The van der Waals surface area contributed by atoms with Gasteiger partial charge in [0, 0.05) is 19.3 Å². The molecule has 0 aromatic carbocycles. The number of unbranched alkanes of at least 4 members (excludes halogenated alkanes) is 14. The fourth-order valence-electron chi connectivity index (χ4n) is 5.46. The highest BCUT2D eigenvalue weighted by Gasteiger charge is 2.31. The Hall–Kier alpha value is -2.45. The van der Waals surface area contributed by atoms with Crippen LogP contribution < -0.4 is 0 Å². The van der Waals surface area contributed by atoms with Crippen LogP contribution in [0.2, 0.25) is 0 Å². The van der Waals surface area contributed by atoms with Crippen LogP contribution in [0.15, 0.2) is 36.5 Å². The van der Waals surface area contributed by atoms with Crippen molar-refractivity contribution in [2.75, 3.05) is 41.0 Å². The second-order valence-electron chi connectivity index (χ2n) is 14.1. The number of carbonyl (C=O) groups excluding carboxylic acids is 2. The average molecular weight is 693 g/mol. The minimum absolute atomic E-state index is 0.0556. The molecule has 1 N–H and O–H groups in total. The van der Waals surface area contributed by atoms with Crippen molar-refractivity contribution < 1.29 is 38.2 Å². The fourth-order valence-corrected chi connectivity index (χ4v) is 5.46. The quantitative estimate of drug-likeness (QED) is 0.0310. The van der Waals surface area contributed by atoms with Gasteiger partial charge in [-0.15, -0.1) is 0 Å². The van der Waals surface area contributed by atoms with E-state index >= 15 is 0 Å². The Morgan fingerprint density at radius 2 is 1.14 bits per heavy atom. The maximum atomic E-state index is 12.6. The van der Waals surface area contributed by atoms with Crippen LogP contribution in [-0.4, -0.2) is 80.6 Å². The van der Waals surface area contributed by atoms with Crippen LogP contribution in [-0.2, 0) is 28.6 Å². The van der Waals surface area contributed by atoms with Gasteiger partial charge in [0.05, 0.1) is 34.4 Å². The number of nitrogens with zero attached hydrogens (tertiary/aromatic N) is 1. The van der Waals surface area contributed by atoms with Gasteiger partial charge in [-0.05, 0) is 57.8 Å². The molecule has 0 saturated carbocycles. The van der Waals surface area contributed by atoms with Crippen molar-refractivity contribution in [2.24, 2.45) is 0 Å². The van der Waals surface area contributed by atoms with Crippen LogP contribution in [0, 0.1) is 0 Å². The molecule has 0 aromatic rings. The number of esters is 2. The molecule has 0 heterocycles. The van der Waals surface area contributed by atoms with Crippen molar-refractivity contribution in [2.45, 2.75) is 167 Å². The molecule has 0 radical (unpaired) electrons. The molecule has 0 aliphatic heterocycles. The van der Waals surface area contributed by atoms with Gasteiger partial charge >= 0.3 is 17.9 Å². The summed E-state index contributed by atoms with van der Waals surface area (Å²) in [6.07, 6.45) is 34.7. The minimum Gasteiger partial charge on any atom is -0.477 e. The summed E-state index contributed by atoms with van der Waals surface area (Å²) >= 11 is 0.